The summed E-state index contributed by atoms with van der Waals surface area (Å²) in [5.74, 6) is 1.12. The first-order valence-corrected chi connectivity index (χ1v) is 12.5. The number of ether oxygens (including phenoxy) is 2. The molecule has 0 spiro atoms. The maximum atomic E-state index is 14.5. The Bertz CT molecular complexity index is 1190. The lowest BCUT2D eigenvalue weighted by Gasteiger charge is -2.40. The number of likely N-dealkylation sites (tertiary alicyclic amines) is 1. The van der Waals surface area contributed by atoms with Crippen molar-refractivity contribution in [3.05, 3.63) is 47.5 Å². The molecule has 1 aromatic heterocycles. The third kappa shape index (κ3) is 5.29. The van der Waals surface area contributed by atoms with Crippen molar-refractivity contribution in [2.24, 2.45) is 0 Å². The Kier molecular flexibility index (Phi) is 7.22. The summed E-state index contributed by atoms with van der Waals surface area (Å²) in [6.07, 6.45) is 7.19. The van der Waals surface area contributed by atoms with Crippen molar-refractivity contribution in [1.82, 2.24) is 14.9 Å². The van der Waals surface area contributed by atoms with E-state index in [-0.39, 0.29) is 22.9 Å². The van der Waals surface area contributed by atoms with Gasteiger partial charge in [-0.25, -0.2) is 14.4 Å². The zero-order valence-electron chi connectivity index (χ0n) is 19.7. The Morgan fingerprint density at radius 3 is 2.71 bits per heavy atom. The third-order valence-electron chi connectivity index (χ3n) is 7.01. The van der Waals surface area contributed by atoms with E-state index >= 15 is 0 Å². The van der Waals surface area contributed by atoms with Gasteiger partial charge in [-0.05, 0) is 63.3 Å². The summed E-state index contributed by atoms with van der Waals surface area (Å²) in [5.41, 5.74) is 0.887. The van der Waals surface area contributed by atoms with Gasteiger partial charge in [-0.15, -0.1) is 0 Å². The summed E-state index contributed by atoms with van der Waals surface area (Å²) in [6, 6.07) is 8.95. The smallest absolute Gasteiger partial charge is 0.165 e. The molecule has 5 rings (SSSR count). The number of anilines is 2. The molecule has 186 valence electrons. The van der Waals surface area contributed by atoms with E-state index in [9.17, 15) is 9.50 Å². The molecular formula is C26H30ClFN4O3. The average Bonchev–Trinajstić information content (AvgIpc) is 2.87. The second-order valence-electron chi connectivity index (χ2n) is 9.31. The van der Waals surface area contributed by atoms with Crippen molar-refractivity contribution in [2.45, 2.75) is 56.8 Å². The lowest BCUT2D eigenvalue weighted by atomic mass is 9.90. The fraction of sp³-hybridized carbons (Fsp3) is 0.462. The van der Waals surface area contributed by atoms with E-state index in [1.807, 2.05) is 12.1 Å². The van der Waals surface area contributed by atoms with E-state index in [1.165, 1.54) is 12.4 Å². The van der Waals surface area contributed by atoms with E-state index in [4.69, 9.17) is 21.1 Å². The number of nitrogens with zero attached hydrogens (tertiary/aromatic N) is 3. The first-order chi connectivity index (χ1) is 17.0. The number of benzene rings is 2. The van der Waals surface area contributed by atoms with Gasteiger partial charge in [0, 0.05) is 24.0 Å². The molecule has 2 aromatic carbocycles. The van der Waals surface area contributed by atoms with Crippen LogP contribution >= 0.6 is 11.6 Å². The van der Waals surface area contributed by atoms with E-state index in [1.54, 1.807) is 19.2 Å². The highest BCUT2D eigenvalue weighted by atomic mass is 35.5. The maximum Gasteiger partial charge on any atom is 0.165 e. The van der Waals surface area contributed by atoms with Crippen LogP contribution in [0.2, 0.25) is 5.02 Å². The highest BCUT2D eigenvalue weighted by Gasteiger charge is 2.30. The number of methoxy groups -OCH3 is 1. The van der Waals surface area contributed by atoms with Crippen LogP contribution in [0.25, 0.3) is 10.9 Å². The molecule has 1 aliphatic heterocycles. The van der Waals surface area contributed by atoms with Gasteiger partial charge in [-0.2, -0.15) is 0 Å². The van der Waals surface area contributed by atoms with Gasteiger partial charge in [0.1, 0.15) is 12.1 Å². The second-order valence-corrected chi connectivity index (χ2v) is 9.72. The molecule has 3 aromatic rings. The molecule has 1 atom stereocenters. The number of hydrogen-bond donors (Lipinski definition) is 2. The van der Waals surface area contributed by atoms with Crippen LogP contribution in [0.15, 0.2) is 36.7 Å². The largest absolute Gasteiger partial charge is 0.493 e. The zero-order chi connectivity index (χ0) is 24.4. The van der Waals surface area contributed by atoms with Gasteiger partial charge in [0.25, 0.3) is 0 Å². The molecule has 7 nitrogen and oxygen atoms in total. The highest BCUT2D eigenvalue weighted by Crippen LogP contribution is 2.38. The molecule has 1 saturated carbocycles. The Hall–Kier alpha value is -2.68. The van der Waals surface area contributed by atoms with E-state index in [2.05, 4.69) is 20.2 Å². The first kappa shape index (κ1) is 24.0. The van der Waals surface area contributed by atoms with Gasteiger partial charge in [0.05, 0.1) is 35.5 Å². The van der Waals surface area contributed by atoms with Crippen molar-refractivity contribution >= 4 is 34.0 Å². The number of β-amino-alcohol motifs (C(OH)–C–C–N with tert-alkyl or cyclic N) is 1. The number of aliphatic hydroxyl groups is 1. The van der Waals surface area contributed by atoms with Crippen molar-refractivity contribution in [2.75, 3.05) is 25.5 Å². The normalized spacial score (nSPS) is 23.3. The van der Waals surface area contributed by atoms with Crippen LogP contribution in [0, 0.1) is 5.82 Å². The number of halogens is 2. The number of rotatable bonds is 6. The van der Waals surface area contributed by atoms with Crippen molar-refractivity contribution < 1.29 is 19.0 Å². The summed E-state index contributed by atoms with van der Waals surface area (Å²) < 4.78 is 26.5. The fourth-order valence-corrected chi connectivity index (χ4v) is 5.34. The highest BCUT2D eigenvalue weighted by molar-refractivity contribution is 6.31. The minimum Gasteiger partial charge on any atom is -0.493 e. The quantitative estimate of drug-likeness (QED) is 0.474. The fourth-order valence-electron chi connectivity index (χ4n) is 5.17. The number of aliphatic hydroxyl groups excluding tert-OH is 1. The summed E-state index contributed by atoms with van der Waals surface area (Å²) in [4.78, 5) is 11.1. The predicted octanol–water partition coefficient (Wildman–Crippen LogP) is 5.32. The Morgan fingerprint density at radius 2 is 1.94 bits per heavy atom. The molecule has 35 heavy (non-hydrogen) atoms. The molecule has 0 amide bonds. The minimum atomic E-state index is -0.538. The number of nitrogens with one attached hydrogen (secondary N) is 1. The van der Waals surface area contributed by atoms with Gasteiger partial charge in [0.2, 0.25) is 0 Å². The first-order valence-electron chi connectivity index (χ1n) is 12.1. The lowest BCUT2D eigenvalue weighted by Crippen LogP contribution is -2.46. The monoisotopic (exact) mass is 500 g/mol. The number of hydrogen-bond acceptors (Lipinski definition) is 7. The van der Waals surface area contributed by atoms with Crippen LogP contribution in [0.5, 0.6) is 11.5 Å². The van der Waals surface area contributed by atoms with E-state index in [0.29, 0.717) is 34.3 Å². The van der Waals surface area contributed by atoms with Crippen LogP contribution in [-0.2, 0) is 0 Å². The van der Waals surface area contributed by atoms with Crippen molar-refractivity contribution in [3.63, 3.8) is 0 Å². The minimum absolute atomic E-state index is 0.0359. The standard InChI is InChI=1S/C26H30ClFN4O3/c1-34-23-13-22-19(26(30-15-29-22)31-21-6-2-5-20(27)25(21)28)12-24(23)35-18-9-7-16(8-10-18)32-11-3-4-17(33)14-32/h2,5-6,12-13,15-18,33H,3-4,7-11,14H2,1H3,(H,29,30,31)/t16-,17-,18-/m1/s1. The average molecular weight is 501 g/mol. The molecule has 2 aliphatic rings. The van der Waals surface area contributed by atoms with Gasteiger partial charge in [0.15, 0.2) is 17.3 Å². The van der Waals surface area contributed by atoms with Gasteiger partial charge in [-0.3, -0.25) is 4.90 Å². The van der Waals surface area contributed by atoms with E-state index < -0.39 is 5.82 Å². The molecule has 2 heterocycles. The molecule has 1 saturated heterocycles. The lowest BCUT2D eigenvalue weighted by molar-refractivity contribution is 0.0217. The van der Waals surface area contributed by atoms with Crippen molar-refractivity contribution in [3.8, 4) is 11.5 Å². The van der Waals surface area contributed by atoms with E-state index in [0.717, 1.165) is 51.6 Å². The Morgan fingerprint density at radius 1 is 1.11 bits per heavy atom. The molecule has 9 heteroatoms. The van der Waals surface area contributed by atoms with Crippen LogP contribution < -0.4 is 14.8 Å². The molecule has 0 radical (unpaired) electrons. The van der Waals surface area contributed by atoms with Crippen molar-refractivity contribution in [1.29, 1.82) is 0 Å². The third-order valence-corrected chi connectivity index (χ3v) is 7.30. The van der Waals surface area contributed by atoms with Gasteiger partial charge in [-0.1, -0.05) is 17.7 Å². The SMILES string of the molecule is COc1cc2ncnc(Nc3cccc(Cl)c3F)c2cc1O[C@H]1CC[C@H](N2CCC[C@@H](O)C2)CC1. The van der Waals surface area contributed by atoms with Crippen LogP contribution in [-0.4, -0.2) is 58.4 Å². The number of aromatic nitrogens is 2. The topological polar surface area (TPSA) is 79.7 Å². The molecular weight excluding hydrogens is 471 g/mol. The summed E-state index contributed by atoms with van der Waals surface area (Å²) in [5, 5.41) is 13.8. The zero-order valence-corrected chi connectivity index (χ0v) is 20.5. The number of piperidine rings is 1. The maximum absolute atomic E-state index is 14.5. The molecule has 2 N–H and O–H groups in total. The number of fused-ring (bicyclic) bond motifs is 1. The van der Waals surface area contributed by atoms with Crippen LogP contribution in [0.1, 0.15) is 38.5 Å². The summed E-state index contributed by atoms with van der Waals surface area (Å²) in [7, 11) is 1.61. The molecule has 0 bridgehead atoms. The second kappa shape index (κ2) is 10.5. The molecule has 2 fully saturated rings. The predicted molar refractivity (Wildman–Crippen MR) is 134 cm³/mol. The van der Waals surface area contributed by atoms with Gasteiger partial charge < -0.3 is 19.9 Å². The summed E-state index contributed by atoms with van der Waals surface area (Å²) in [6.45, 7) is 1.84. The van der Waals surface area contributed by atoms with Crippen LogP contribution in [0.3, 0.4) is 0 Å². The molecule has 0 unspecified atom stereocenters. The Balaban J connectivity index is 1.34. The molecule has 1 aliphatic carbocycles. The van der Waals surface area contributed by atoms with Crippen LogP contribution in [0.4, 0.5) is 15.9 Å². The van der Waals surface area contributed by atoms with Gasteiger partial charge >= 0.3 is 0 Å². The Labute approximate surface area is 209 Å². The summed E-state index contributed by atoms with van der Waals surface area (Å²) >= 11 is 5.94.